The molecular weight excluding hydrogens is 190 g/mol. The summed E-state index contributed by atoms with van der Waals surface area (Å²) in [6, 6.07) is 0.659. The summed E-state index contributed by atoms with van der Waals surface area (Å²) in [5, 5.41) is 0. The van der Waals surface area contributed by atoms with Gasteiger partial charge in [-0.15, -0.1) is 0 Å². The van der Waals surface area contributed by atoms with Crippen LogP contribution in [-0.2, 0) is 9.53 Å². The van der Waals surface area contributed by atoms with Crippen molar-refractivity contribution in [2.24, 2.45) is 5.41 Å². The lowest BCUT2D eigenvalue weighted by Gasteiger charge is -2.43. The van der Waals surface area contributed by atoms with Crippen molar-refractivity contribution in [2.75, 3.05) is 13.7 Å². The molecule has 3 nitrogen and oxygen atoms in total. The molecule has 3 heteroatoms. The van der Waals surface area contributed by atoms with Crippen LogP contribution < -0.4 is 0 Å². The summed E-state index contributed by atoms with van der Waals surface area (Å²) in [4.78, 5) is 13.8. The highest BCUT2D eigenvalue weighted by atomic mass is 16.5. The van der Waals surface area contributed by atoms with Gasteiger partial charge in [0.1, 0.15) is 6.04 Å². The van der Waals surface area contributed by atoms with E-state index >= 15 is 0 Å². The van der Waals surface area contributed by atoms with Gasteiger partial charge in [0.25, 0.3) is 0 Å². The van der Waals surface area contributed by atoms with Crippen LogP contribution in [0.3, 0.4) is 0 Å². The molecule has 1 heterocycles. The summed E-state index contributed by atoms with van der Waals surface area (Å²) in [6.45, 7) is 5.71. The number of carbonyl (C=O) groups is 1. The van der Waals surface area contributed by atoms with Crippen LogP contribution >= 0.6 is 0 Å². The Morgan fingerprint density at radius 1 is 1.40 bits per heavy atom. The molecule has 0 aromatic heterocycles. The first-order valence-electron chi connectivity index (χ1n) is 5.87. The van der Waals surface area contributed by atoms with Crippen molar-refractivity contribution in [3.8, 4) is 0 Å². The normalized spacial score (nSPS) is 34.9. The Morgan fingerprint density at radius 3 is 2.53 bits per heavy atom. The Labute approximate surface area is 91.8 Å². The zero-order valence-electron chi connectivity index (χ0n) is 9.95. The summed E-state index contributed by atoms with van der Waals surface area (Å²) >= 11 is 0. The molecule has 1 saturated carbocycles. The third-order valence-corrected chi connectivity index (χ3v) is 3.95. The van der Waals surface area contributed by atoms with E-state index < -0.39 is 0 Å². The molecule has 0 N–H and O–H groups in total. The molecule has 2 aliphatic rings. The second-order valence-electron chi connectivity index (χ2n) is 5.63. The van der Waals surface area contributed by atoms with Gasteiger partial charge in [-0.1, -0.05) is 13.8 Å². The smallest absolute Gasteiger partial charge is 0.323 e. The maximum Gasteiger partial charge on any atom is 0.323 e. The maximum atomic E-state index is 11.5. The van der Waals surface area contributed by atoms with Crippen molar-refractivity contribution < 1.29 is 9.53 Å². The lowest BCUT2D eigenvalue weighted by Crippen LogP contribution is -2.56. The van der Waals surface area contributed by atoms with Crippen LogP contribution in [0.15, 0.2) is 0 Å². The topological polar surface area (TPSA) is 29.5 Å². The number of likely N-dealkylation sites (tertiary alicyclic amines) is 1. The van der Waals surface area contributed by atoms with E-state index in [4.69, 9.17) is 4.74 Å². The molecule has 2 unspecified atom stereocenters. The molecule has 2 rings (SSSR count). The summed E-state index contributed by atoms with van der Waals surface area (Å²) < 4.78 is 4.82. The van der Waals surface area contributed by atoms with Crippen LogP contribution in [0.2, 0.25) is 0 Å². The van der Waals surface area contributed by atoms with E-state index in [0.29, 0.717) is 11.5 Å². The molecule has 1 aliphatic heterocycles. The van der Waals surface area contributed by atoms with Crippen molar-refractivity contribution in [1.29, 1.82) is 0 Å². The Hall–Kier alpha value is -0.570. The fraction of sp³-hybridized carbons (Fsp3) is 0.917. The number of nitrogens with zero attached hydrogens (tertiary/aromatic N) is 1. The summed E-state index contributed by atoms with van der Waals surface area (Å²) in [5.74, 6) is -0.0500. The Kier molecular flexibility index (Phi) is 2.75. The molecule has 0 amide bonds. The third-order valence-electron chi connectivity index (χ3n) is 3.95. The van der Waals surface area contributed by atoms with E-state index in [-0.39, 0.29) is 12.0 Å². The zero-order valence-corrected chi connectivity index (χ0v) is 9.95. The van der Waals surface area contributed by atoms with Crippen LogP contribution in [0.5, 0.6) is 0 Å². The second kappa shape index (κ2) is 3.78. The van der Waals surface area contributed by atoms with Crippen molar-refractivity contribution in [3.05, 3.63) is 0 Å². The lowest BCUT2D eigenvalue weighted by atomic mass is 9.90. The first kappa shape index (κ1) is 10.9. The Bertz CT molecular complexity index is 262. The van der Waals surface area contributed by atoms with Crippen LogP contribution in [0.1, 0.15) is 39.5 Å². The maximum absolute atomic E-state index is 11.5. The van der Waals surface area contributed by atoms with E-state index in [1.165, 1.54) is 26.4 Å². The van der Waals surface area contributed by atoms with Gasteiger partial charge in [0.2, 0.25) is 0 Å². The minimum atomic E-state index is -0.0500. The van der Waals surface area contributed by atoms with Crippen molar-refractivity contribution >= 4 is 5.97 Å². The zero-order chi connectivity index (χ0) is 11.1. The first-order valence-corrected chi connectivity index (χ1v) is 5.87. The van der Waals surface area contributed by atoms with E-state index in [0.717, 1.165) is 13.0 Å². The number of hydrogen-bond acceptors (Lipinski definition) is 3. The summed E-state index contributed by atoms with van der Waals surface area (Å²) in [5.41, 5.74) is 0.459. The van der Waals surface area contributed by atoms with Crippen LogP contribution in [0.4, 0.5) is 0 Å². The summed E-state index contributed by atoms with van der Waals surface area (Å²) in [7, 11) is 1.48. The van der Waals surface area contributed by atoms with Gasteiger partial charge in [0, 0.05) is 12.6 Å². The minimum Gasteiger partial charge on any atom is -0.468 e. The summed E-state index contributed by atoms with van der Waals surface area (Å²) in [6.07, 6.45) is 4.71. The van der Waals surface area contributed by atoms with Crippen LogP contribution in [0, 0.1) is 5.41 Å². The molecule has 2 fully saturated rings. The fourth-order valence-corrected chi connectivity index (χ4v) is 2.92. The predicted octanol–water partition coefficient (Wildman–Crippen LogP) is 1.81. The van der Waals surface area contributed by atoms with Gasteiger partial charge in [-0.3, -0.25) is 9.69 Å². The number of ether oxygens (including phenoxy) is 1. The molecular formula is C12H21NO2. The molecule has 1 aliphatic carbocycles. The largest absolute Gasteiger partial charge is 0.468 e. The minimum absolute atomic E-state index is 0.0499. The molecule has 0 spiro atoms. The third kappa shape index (κ3) is 2.03. The van der Waals surface area contributed by atoms with Gasteiger partial charge in [-0.05, 0) is 31.1 Å². The Balaban J connectivity index is 1.93. The van der Waals surface area contributed by atoms with Gasteiger partial charge < -0.3 is 4.74 Å². The highest BCUT2D eigenvalue weighted by Crippen LogP contribution is 2.41. The van der Waals surface area contributed by atoms with Crippen molar-refractivity contribution in [1.82, 2.24) is 4.90 Å². The van der Waals surface area contributed by atoms with E-state index in [1.807, 2.05) is 0 Å². The molecule has 0 aromatic rings. The molecule has 1 saturated heterocycles. The molecule has 2 atom stereocenters. The molecule has 15 heavy (non-hydrogen) atoms. The van der Waals surface area contributed by atoms with E-state index in [9.17, 15) is 4.79 Å². The fourth-order valence-electron chi connectivity index (χ4n) is 2.92. The Morgan fingerprint density at radius 2 is 2.13 bits per heavy atom. The molecule has 0 aromatic carbocycles. The standard InChI is InChI=1S/C12H21NO2/c1-12(2)6-4-9(8-12)13-7-5-10(13)11(14)15-3/h9-10H,4-8H2,1-3H3. The second-order valence-corrected chi connectivity index (χ2v) is 5.63. The average Bonchev–Trinajstić information content (AvgIpc) is 2.44. The van der Waals surface area contributed by atoms with E-state index in [1.54, 1.807) is 0 Å². The van der Waals surface area contributed by atoms with Gasteiger partial charge in [-0.25, -0.2) is 0 Å². The van der Waals surface area contributed by atoms with Crippen molar-refractivity contribution in [2.45, 2.75) is 51.6 Å². The van der Waals surface area contributed by atoms with E-state index in [2.05, 4.69) is 18.7 Å². The number of carbonyl (C=O) groups excluding carboxylic acids is 1. The van der Waals surface area contributed by atoms with Crippen LogP contribution in [-0.4, -0.2) is 36.6 Å². The molecule has 0 bridgehead atoms. The molecule has 0 radical (unpaired) electrons. The number of rotatable bonds is 2. The van der Waals surface area contributed by atoms with Crippen LogP contribution in [0.25, 0.3) is 0 Å². The number of hydrogen-bond donors (Lipinski definition) is 0. The molecule has 86 valence electrons. The first-order chi connectivity index (χ1) is 7.03. The van der Waals surface area contributed by atoms with Gasteiger partial charge in [0.15, 0.2) is 0 Å². The lowest BCUT2D eigenvalue weighted by molar-refractivity contribution is -0.153. The van der Waals surface area contributed by atoms with Gasteiger partial charge >= 0.3 is 5.97 Å². The highest BCUT2D eigenvalue weighted by Gasteiger charge is 2.43. The predicted molar refractivity (Wildman–Crippen MR) is 58.5 cm³/mol. The van der Waals surface area contributed by atoms with Gasteiger partial charge in [0.05, 0.1) is 7.11 Å². The highest BCUT2D eigenvalue weighted by molar-refractivity contribution is 5.76. The number of methoxy groups -OCH3 is 1. The van der Waals surface area contributed by atoms with Gasteiger partial charge in [-0.2, -0.15) is 0 Å². The average molecular weight is 211 g/mol. The quantitative estimate of drug-likeness (QED) is 0.652. The van der Waals surface area contributed by atoms with Crippen molar-refractivity contribution in [3.63, 3.8) is 0 Å². The number of esters is 1. The SMILES string of the molecule is COC(=O)C1CCN1C1CCC(C)(C)C1. The monoisotopic (exact) mass is 211 g/mol.